The van der Waals surface area contributed by atoms with Crippen LogP contribution in [0.15, 0.2) is 0 Å². The third kappa shape index (κ3) is 2.24. The lowest BCUT2D eigenvalue weighted by Gasteiger charge is -2.01. The minimum atomic E-state index is 0.0185. The van der Waals surface area contributed by atoms with Gasteiger partial charge in [-0.2, -0.15) is 0 Å². The lowest BCUT2D eigenvalue weighted by atomic mass is 10.3. The second-order valence-electron chi connectivity index (χ2n) is 1.25. The highest BCUT2D eigenvalue weighted by Gasteiger charge is 1.87. The number of aliphatic hydroxyl groups excluding tert-OH is 1. The first-order chi connectivity index (χ1) is 2.81. The summed E-state index contributed by atoms with van der Waals surface area (Å²) in [5, 5.41) is 10.6. The normalized spacial score (nSPS) is 14.3. The van der Waals surface area contributed by atoms with Crippen molar-refractivity contribution in [2.24, 2.45) is 0 Å². The van der Waals surface area contributed by atoms with E-state index in [1.165, 1.54) is 0 Å². The zero-order chi connectivity index (χ0) is 4.99. The van der Waals surface area contributed by atoms with E-state index in [1.54, 1.807) is 6.92 Å². The summed E-state index contributed by atoms with van der Waals surface area (Å²) >= 11 is 0. The Morgan fingerprint density at radius 2 is 2.50 bits per heavy atom. The molecule has 0 saturated heterocycles. The topological polar surface area (TPSA) is 32.3 Å². The van der Waals surface area contributed by atoms with E-state index in [4.69, 9.17) is 13.1 Å². The van der Waals surface area contributed by atoms with Gasteiger partial charge in [-0.05, 0) is 6.92 Å². The van der Waals surface area contributed by atoms with Crippen LogP contribution in [0.25, 0.3) is 0 Å². The van der Waals surface area contributed by atoms with Crippen LogP contribution >= 0.6 is 0 Å². The molecular weight excluding hydrogens is 76.9 g/mol. The maximum absolute atomic E-state index is 8.19. The molecule has 0 spiro atoms. The van der Waals surface area contributed by atoms with Gasteiger partial charge in [0, 0.05) is 6.04 Å². The molecule has 0 amide bonds. The average Bonchev–Trinajstić information content (AvgIpc) is 1.65. The van der Waals surface area contributed by atoms with E-state index < -0.39 is 0 Å². The molecule has 0 aromatic carbocycles. The Hall–Kier alpha value is -0.0151. The Bertz CT molecular complexity index is 30.0. The van der Waals surface area contributed by atoms with Gasteiger partial charge in [-0.3, -0.25) is 0 Å². The minimum Gasteiger partial charge on any atom is -0.395 e. The summed E-state index contributed by atoms with van der Waals surface area (Å²) in [6.07, 6.45) is 0. The van der Waals surface area contributed by atoms with Gasteiger partial charge in [-0.25, -0.2) is 0 Å². The lowest BCUT2D eigenvalue weighted by molar-refractivity contribution is 0.266. The van der Waals surface area contributed by atoms with Crippen LogP contribution in [0.1, 0.15) is 6.92 Å². The van der Waals surface area contributed by atoms with Crippen molar-refractivity contribution in [3.05, 3.63) is 0 Å². The third-order valence-electron chi connectivity index (χ3n) is 0.558. The minimum absolute atomic E-state index is 0.0185. The molecule has 0 rings (SSSR count). The number of hydrogen-bond donors (Lipinski definition) is 2. The number of nitrogens with one attached hydrogen (secondary N) is 1. The number of rotatable bonds is 2. The van der Waals surface area contributed by atoms with Crippen LogP contribution < -0.4 is 5.23 Å². The number of hydrogen-bond acceptors (Lipinski definition) is 2. The predicted octanol–water partition coefficient (Wildman–Crippen LogP) is -0.960. The number of aliphatic hydroxyl groups is 1. The van der Waals surface area contributed by atoms with E-state index in [0.29, 0.717) is 0 Å². The van der Waals surface area contributed by atoms with Crippen molar-refractivity contribution in [2.45, 2.75) is 13.0 Å². The van der Waals surface area contributed by atoms with E-state index in [1.807, 2.05) is 0 Å². The van der Waals surface area contributed by atoms with Crippen LogP contribution in [-0.2, 0) is 0 Å². The quantitative estimate of drug-likeness (QED) is 0.423. The van der Waals surface area contributed by atoms with Crippen LogP contribution in [0.3, 0.4) is 0 Å². The molecule has 1 atom stereocenters. The third-order valence-corrected chi connectivity index (χ3v) is 0.558. The van der Waals surface area contributed by atoms with Crippen LogP contribution in [0.5, 0.6) is 0 Å². The monoisotopic (exact) mass is 85.1 g/mol. The first-order valence-corrected chi connectivity index (χ1v) is 1.88. The van der Waals surface area contributed by atoms with Crippen molar-refractivity contribution < 1.29 is 5.11 Å². The summed E-state index contributed by atoms with van der Waals surface area (Å²) in [5.41, 5.74) is 0. The molecule has 2 radical (unpaired) electrons. The molecule has 0 aliphatic rings. The fraction of sp³-hybridized carbons (Fsp3) is 1.00. The van der Waals surface area contributed by atoms with Gasteiger partial charge in [0.15, 0.2) is 7.98 Å². The van der Waals surface area contributed by atoms with Gasteiger partial charge in [0.1, 0.15) is 0 Å². The Balaban J connectivity index is 2.75. The summed E-state index contributed by atoms with van der Waals surface area (Å²) < 4.78 is 0. The molecule has 0 saturated carbocycles. The van der Waals surface area contributed by atoms with Crippen molar-refractivity contribution in [3.8, 4) is 0 Å². The Morgan fingerprint density at radius 1 is 2.00 bits per heavy atom. The zero-order valence-corrected chi connectivity index (χ0v) is 3.81. The molecule has 0 aliphatic carbocycles. The summed E-state index contributed by atoms with van der Waals surface area (Å²) in [6.45, 7) is 1.89. The van der Waals surface area contributed by atoms with Gasteiger partial charge >= 0.3 is 0 Å². The molecule has 0 aliphatic heterocycles. The predicted molar refractivity (Wildman–Crippen MR) is 25.4 cm³/mol. The summed E-state index contributed by atoms with van der Waals surface area (Å²) in [4.78, 5) is 0. The molecule has 0 aromatic heterocycles. The van der Waals surface area contributed by atoms with Gasteiger partial charge in [0.2, 0.25) is 0 Å². The zero-order valence-electron chi connectivity index (χ0n) is 3.81. The molecule has 0 bridgehead atoms. The summed E-state index contributed by atoms with van der Waals surface area (Å²) in [7, 11) is 4.87. The molecule has 6 heavy (non-hydrogen) atoms. The van der Waals surface area contributed by atoms with Crippen molar-refractivity contribution in [1.82, 2.24) is 5.23 Å². The molecular formula is C3H8BNO. The van der Waals surface area contributed by atoms with Crippen molar-refractivity contribution in [3.63, 3.8) is 0 Å². The Morgan fingerprint density at radius 3 is 2.50 bits per heavy atom. The first-order valence-electron chi connectivity index (χ1n) is 1.88. The largest absolute Gasteiger partial charge is 0.395 e. The summed E-state index contributed by atoms with van der Waals surface area (Å²) in [6, 6.07) is 0.0185. The Labute approximate surface area is 39.0 Å². The fourth-order valence-electron chi connectivity index (χ4n) is 0.0527. The lowest BCUT2D eigenvalue weighted by Crippen LogP contribution is -2.26. The fourth-order valence-corrected chi connectivity index (χ4v) is 0.0527. The highest BCUT2D eigenvalue weighted by atomic mass is 16.3. The van der Waals surface area contributed by atoms with E-state index in [0.717, 1.165) is 0 Å². The molecule has 0 unspecified atom stereocenters. The molecule has 3 heteroatoms. The van der Waals surface area contributed by atoms with Gasteiger partial charge in [0.05, 0.1) is 6.61 Å². The van der Waals surface area contributed by atoms with Crippen molar-refractivity contribution in [1.29, 1.82) is 0 Å². The second-order valence-corrected chi connectivity index (χ2v) is 1.25. The van der Waals surface area contributed by atoms with E-state index in [-0.39, 0.29) is 12.6 Å². The smallest absolute Gasteiger partial charge is 0.178 e. The standard InChI is InChI=1S/C3H8BNO/c1-3(2-6)5-4/h3,5-6H,2H2,1H3/t3-/m1/s1. The van der Waals surface area contributed by atoms with Crippen LogP contribution in [0.4, 0.5) is 0 Å². The maximum atomic E-state index is 8.19. The summed E-state index contributed by atoms with van der Waals surface area (Å²) in [5.74, 6) is 0. The molecule has 34 valence electrons. The Kier molecular flexibility index (Phi) is 3.18. The second kappa shape index (κ2) is 3.19. The molecule has 0 fully saturated rings. The van der Waals surface area contributed by atoms with Crippen LogP contribution in [0.2, 0.25) is 0 Å². The first kappa shape index (κ1) is 5.98. The van der Waals surface area contributed by atoms with Crippen LogP contribution in [0, 0.1) is 0 Å². The van der Waals surface area contributed by atoms with Gasteiger partial charge in [-0.15, -0.1) is 0 Å². The SMILES string of the molecule is [B]N[C@H](C)CO. The van der Waals surface area contributed by atoms with E-state index >= 15 is 0 Å². The molecule has 2 N–H and O–H groups in total. The molecule has 0 aromatic rings. The van der Waals surface area contributed by atoms with E-state index in [9.17, 15) is 0 Å². The van der Waals surface area contributed by atoms with Gasteiger partial charge < -0.3 is 10.3 Å². The highest BCUT2D eigenvalue weighted by molar-refractivity contribution is 6.04. The van der Waals surface area contributed by atoms with Gasteiger partial charge in [0.25, 0.3) is 0 Å². The highest BCUT2D eigenvalue weighted by Crippen LogP contribution is 1.69. The average molecular weight is 84.9 g/mol. The maximum Gasteiger partial charge on any atom is 0.178 e. The van der Waals surface area contributed by atoms with Crippen molar-refractivity contribution in [2.75, 3.05) is 6.61 Å². The van der Waals surface area contributed by atoms with Crippen molar-refractivity contribution >= 4 is 7.98 Å². The molecule has 2 nitrogen and oxygen atoms in total. The van der Waals surface area contributed by atoms with E-state index in [2.05, 4.69) is 5.23 Å². The van der Waals surface area contributed by atoms with Crippen LogP contribution in [-0.4, -0.2) is 25.7 Å². The van der Waals surface area contributed by atoms with Gasteiger partial charge in [-0.1, -0.05) is 0 Å². The molecule has 0 heterocycles.